The zero-order valence-corrected chi connectivity index (χ0v) is 20.0. The molecule has 1 aliphatic heterocycles. The van der Waals surface area contributed by atoms with Gasteiger partial charge in [-0.2, -0.15) is 0 Å². The average Bonchev–Trinajstić information content (AvgIpc) is 3.04. The van der Waals surface area contributed by atoms with Crippen LogP contribution in [0.15, 0.2) is 48.5 Å². The Morgan fingerprint density at radius 3 is 2.44 bits per heavy atom. The third kappa shape index (κ3) is 4.76. The lowest BCUT2D eigenvalue weighted by Gasteiger charge is -2.40. The quantitative estimate of drug-likeness (QED) is 0.315. The molecule has 0 saturated carbocycles. The van der Waals surface area contributed by atoms with Crippen molar-refractivity contribution in [2.45, 2.75) is 43.9 Å². The van der Waals surface area contributed by atoms with Gasteiger partial charge in [0.15, 0.2) is 11.5 Å². The van der Waals surface area contributed by atoms with Crippen LogP contribution in [0.4, 0.5) is 0 Å². The van der Waals surface area contributed by atoms with Gasteiger partial charge >= 0.3 is 5.97 Å². The molecule has 0 spiro atoms. The molecule has 5 N–H and O–H groups in total. The van der Waals surface area contributed by atoms with Crippen molar-refractivity contribution in [3.05, 3.63) is 70.8 Å². The van der Waals surface area contributed by atoms with E-state index in [9.17, 15) is 30.3 Å². The number of carboxylic acids is 1. The predicted octanol–water partition coefficient (Wildman–Crippen LogP) is 2.00. The average molecular weight is 499 g/mol. The first-order chi connectivity index (χ1) is 17.3. The van der Waals surface area contributed by atoms with Gasteiger partial charge in [-0.15, -0.1) is 0 Å². The summed E-state index contributed by atoms with van der Waals surface area (Å²) in [5, 5.41) is 50.9. The Morgan fingerprint density at radius 2 is 1.78 bits per heavy atom. The van der Waals surface area contributed by atoms with Gasteiger partial charge in [0.05, 0.1) is 25.9 Å². The number of rotatable bonds is 8. The van der Waals surface area contributed by atoms with Crippen LogP contribution in [0.2, 0.25) is 0 Å². The van der Waals surface area contributed by atoms with Crippen LogP contribution in [0.25, 0.3) is 11.1 Å². The van der Waals surface area contributed by atoms with Crippen molar-refractivity contribution in [3.8, 4) is 22.6 Å². The highest BCUT2D eigenvalue weighted by atomic mass is 16.5. The van der Waals surface area contributed by atoms with Gasteiger partial charge in [0.2, 0.25) is 0 Å². The number of methoxy groups -OCH3 is 1. The standard InChI is InChI=1S/C27H30O9/c1-3-35-25-18(26-24(31)23(30)22(29)20(13-28)36-26)10-14(11-19(25)34-2)9-16-12-15-7-5-4-6-8-17(15)21(16)27(32)33/h4-8,10-12,20,22-24,26,28-31H,3,9,13H2,1-2H3,(H,32,33)/t20-,22-,23+,24-,26+/m1/s1. The lowest BCUT2D eigenvalue weighted by atomic mass is 9.89. The summed E-state index contributed by atoms with van der Waals surface area (Å²) in [6, 6.07) is 14.3. The molecule has 1 heterocycles. The molecular formula is C27H30O9. The fourth-order valence-corrected chi connectivity index (χ4v) is 4.77. The first kappa shape index (κ1) is 25.9. The van der Waals surface area contributed by atoms with E-state index in [-0.39, 0.29) is 24.3 Å². The van der Waals surface area contributed by atoms with Gasteiger partial charge in [-0.25, -0.2) is 4.79 Å². The van der Waals surface area contributed by atoms with Crippen molar-refractivity contribution in [2.24, 2.45) is 0 Å². The van der Waals surface area contributed by atoms with Crippen molar-refractivity contribution in [2.75, 3.05) is 20.3 Å². The number of aliphatic hydroxyl groups excluding tert-OH is 4. The highest BCUT2D eigenvalue weighted by Gasteiger charge is 2.45. The van der Waals surface area contributed by atoms with Crippen LogP contribution in [0.1, 0.15) is 40.1 Å². The SMILES string of the molecule is CCOc1c(OC)cc(Cc2cc3cccccc-3c2C(=O)O)cc1[C@@H]1O[C@H](CO)[C@@H](O)[C@H](O)[C@H]1O. The fraction of sp³-hybridized carbons (Fsp3) is 0.370. The number of hydrogen-bond donors (Lipinski definition) is 5. The summed E-state index contributed by atoms with van der Waals surface area (Å²) in [6.45, 7) is 1.48. The second-order valence-corrected chi connectivity index (χ2v) is 8.71. The van der Waals surface area contributed by atoms with E-state index < -0.39 is 43.1 Å². The third-order valence-electron chi connectivity index (χ3n) is 6.45. The van der Waals surface area contributed by atoms with Gasteiger partial charge < -0.3 is 39.7 Å². The number of benzene rings is 1. The Labute approximate surface area is 208 Å². The summed E-state index contributed by atoms with van der Waals surface area (Å²) in [4.78, 5) is 12.2. The van der Waals surface area contributed by atoms with Gasteiger partial charge in [0.25, 0.3) is 0 Å². The zero-order valence-electron chi connectivity index (χ0n) is 20.0. The minimum Gasteiger partial charge on any atom is -0.493 e. The van der Waals surface area contributed by atoms with Crippen LogP contribution < -0.4 is 9.47 Å². The van der Waals surface area contributed by atoms with Crippen molar-refractivity contribution in [1.29, 1.82) is 0 Å². The Hall–Kier alpha value is -3.21. The molecule has 2 aliphatic carbocycles. The first-order valence-electron chi connectivity index (χ1n) is 11.7. The van der Waals surface area contributed by atoms with E-state index >= 15 is 0 Å². The molecule has 9 heteroatoms. The van der Waals surface area contributed by atoms with E-state index in [1.807, 2.05) is 24.3 Å². The first-order valence-corrected chi connectivity index (χ1v) is 11.7. The third-order valence-corrected chi connectivity index (χ3v) is 6.45. The Morgan fingerprint density at radius 1 is 1.03 bits per heavy atom. The second-order valence-electron chi connectivity index (χ2n) is 8.71. The summed E-state index contributed by atoms with van der Waals surface area (Å²) in [7, 11) is 1.46. The molecule has 0 amide bonds. The minimum absolute atomic E-state index is 0.198. The van der Waals surface area contributed by atoms with E-state index in [1.165, 1.54) is 7.11 Å². The van der Waals surface area contributed by atoms with Gasteiger partial charge in [0, 0.05) is 5.56 Å². The molecule has 1 aromatic carbocycles. The number of carbonyl (C=O) groups is 1. The van der Waals surface area contributed by atoms with E-state index in [1.54, 1.807) is 31.2 Å². The van der Waals surface area contributed by atoms with Crippen molar-refractivity contribution in [3.63, 3.8) is 0 Å². The summed E-state index contributed by atoms with van der Waals surface area (Å²) in [6.07, 6.45) is -6.60. The maximum Gasteiger partial charge on any atom is 0.336 e. The summed E-state index contributed by atoms with van der Waals surface area (Å²) in [5.74, 6) is -0.426. The van der Waals surface area contributed by atoms with Crippen LogP contribution in [-0.4, -0.2) is 76.2 Å². The lowest BCUT2D eigenvalue weighted by molar-refractivity contribution is -0.232. The number of fused-ring (bicyclic) bond motifs is 1. The summed E-state index contributed by atoms with van der Waals surface area (Å²) < 4.78 is 17.1. The van der Waals surface area contributed by atoms with Crippen LogP contribution in [0.3, 0.4) is 0 Å². The number of aromatic carboxylic acids is 1. The van der Waals surface area contributed by atoms with Crippen molar-refractivity contribution in [1.82, 2.24) is 0 Å². The Kier molecular flexibility index (Phi) is 7.77. The minimum atomic E-state index is -1.57. The monoisotopic (exact) mass is 498 g/mol. The van der Waals surface area contributed by atoms with Crippen LogP contribution in [-0.2, 0) is 11.2 Å². The predicted molar refractivity (Wildman–Crippen MR) is 130 cm³/mol. The van der Waals surface area contributed by atoms with E-state index in [2.05, 4.69) is 0 Å². The van der Waals surface area contributed by atoms with Crippen LogP contribution >= 0.6 is 0 Å². The summed E-state index contributed by atoms with van der Waals surface area (Å²) >= 11 is 0. The fourth-order valence-electron chi connectivity index (χ4n) is 4.77. The van der Waals surface area contributed by atoms with Crippen LogP contribution in [0, 0.1) is 0 Å². The molecule has 1 saturated heterocycles. The van der Waals surface area contributed by atoms with Gasteiger partial charge in [-0.05, 0) is 53.8 Å². The molecule has 0 radical (unpaired) electrons. The molecule has 0 bridgehead atoms. The molecule has 36 heavy (non-hydrogen) atoms. The molecular weight excluding hydrogens is 468 g/mol. The molecule has 5 atom stereocenters. The van der Waals surface area contributed by atoms with Crippen molar-refractivity contribution >= 4 is 5.97 Å². The molecule has 3 aliphatic rings. The van der Waals surface area contributed by atoms with E-state index in [4.69, 9.17) is 14.2 Å². The Balaban J connectivity index is 1.83. The maximum atomic E-state index is 12.2. The Bertz CT molecular complexity index is 1190. The topological polar surface area (TPSA) is 146 Å². The lowest BCUT2D eigenvalue weighted by Crippen LogP contribution is -2.55. The highest BCUT2D eigenvalue weighted by molar-refractivity contribution is 5.99. The molecule has 9 nitrogen and oxygen atoms in total. The summed E-state index contributed by atoms with van der Waals surface area (Å²) in [5.41, 5.74) is 3.21. The number of ether oxygens (including phenoxy) is 3. The molecule has 0 unspecified atom stereocenters. The number of hydrogen-bond acceptors (Lipinski definition) is 8. The van der Waals surface area contributed by atoms with Gasteiger partial charge in [-0.1, -0.05) is 30.3 Å². The molecule has 1 fully saturated rings. The second kappa shape index (κ2) is 10.8. The zero-order chi connectivity index (χ0) is 26.0. The molecule has 192 valence electrons. The molecule has 1 aromatic rings. The normalized spacial score (nSPS) is 24.0. The van der Waals surface area contributed by atoms with Crippen molar-refractivity contribution < 1.29 is 44.5 Å². The maximum absolute atomic E-state index is 12.2. The van der Waals surface area contributed by atoms with Crippen LogP contribution in [0.5, 0.6) is 11.5 Å². The smallest absolute Gasteiger partial charge is 0.336 e. The van der Waals surface area contributed by atoms with Gasteiger partial charge in [0.1, 0.15) is 30.5 Å². The largest absolute Gasteiger partial charge is 0.493 e. The highest BCUT2D eigenvalue weighted by Crippen LogP contribution is 2.43. The number of aliphatic hydroxyl groups is 4. The van der Waals surface area contributed by atoms with E-state index in [0.717, 1.165) is 5.56 Å². The number of carboxylic acid groups (broad SMARTS) is 1. The van der Waals surface area contributed by atoms with Gasteiger partial charge in [-0.3, -0.25) is 0 Å². The molecule has 0 aromatic heterocycles. The van der Waals surface area contributed by atoms with E-state index in [0.29, 0.717) is 28.0 Å². The molecule has 4 rings (SSSR count).